The number of rotatable bonds is 5. The van der Waals surface area contributed by atoms with Crippen molar-refractivity contribution in [1.82, 2.24) is 10.2 Å². The molecule has 0 aromatic heterocycles. The first kappa shape index (κ1) is 18.7. The van der Waals surface area contributed by atoms with Crippen LogP contribution in [-0.2, 0) is 0 Å². The molecule has 134 valence electrons. The van der Waals surface area contributed by atoms with Crippen LogP contribution in [-0.4, -0.2) is 50.3 Å². The van der Waals surface area contributed by atoms with E-state index in [1.807, 2.05) is 0 Å². The van der Waals surface area contributed by atoms with E-state index in [-0.39, 0.29) is 16.5 Å². The highest BCUT2D eigenvalue weighted by Crippen LogP contribution is 2.29. The summed E-state index contributed by atoms with van der Waals surface area (Å²) >= 11 is 5.92. The smallest absolute Gasteiger partial charge is 0.401 e. The lowest BCUT2D eigenvalue weighted by atomic mass is 10.1. The first-order valence-corrected chi connectivity index (χ1v) is 7.77. The van der Waals surface area contributed by atoms with E-state index >= 15 is 0 Å². The van der Waals surface area contributed by atoms with Gasteiger partial charge in [-0.25, -0.2) is 0 Å². The summed E-state index contributed by atoms with van der Waals surface area (Å²) in [7, 11) is 1.41. The van der Waals surface area contributed by atoms with Crippen molar-refractivity contribution < 1.29 is 22.7 Å². The van der Waals surface area contributed by atoms with Gasteiger partial charge in [0.25, 0.3) is 5.91 Å². The van der Waals surface area contributed by atoms with E-state index in [1.54, 1.807) is 0 Å². The number of benzene rings is 1. The van der Waals surface area contributed by atoms with Crippen molar-refractivity contribution in [1.29, 1.82) is 0 Å². The Balaban J connectivity index is 1.91. The van der Waals surface area contributed by atoms with Gasteiger partial charge >= 0.3 is 6.18 Å². The average Bonchev–Trinajstić information content (AvgIpc) is 2.92. The van der Waals surface area contributed by atoms with Gasteiger partial charge in [0.15, 0.2) is 0 Å². The number of hydrogen-bond acceptors (Lipinski definition) is 4. The predicted octanol–water partition coefficient (Wildman–Crippen LogP) is 2.54. The Labute approximate surface area is 142 Å². The van der Waals surface area contributed by atoms with Crippen LogP contribution in [0, 0.1) is 5.92 Å². The van der Waals surface area contributed by atoms with Gasteiger partial charge in [0, 0.05) is 19.2 Å². The van der Waals surface area contributed by atoms with Crippen molar-refractivity contribution in [3.8, 4) is 5.75 Å². The number of anilines is 1. The molecule has 1 heterocycles. The second-order valence-corrected chi connectivity index (χ2v) is 6.20. The number of carbonyl (C=O) groups is 1. The van der Waals surface area contributed by atoms with E-state index in [0.29, 0.717) is 37.5 Å². The normalized spacial score (nSPS) is 18.6. The fraction of sp³-hybridized carbons (Fsp3) is 0.533. The summed E-state index contributed by atoms with van der Waals surface area (Å²) in [5.74, 6) is -0.130. The maximum absolute atomic E-state index is 12.4. The standard InChI is InChI=1S/C15H19ClF3N3O2/c1-24-13-5-12(20)11(16)4-10(13)14(23)21-6-9-2-3-22(7-9)8-15(17,18)19/h4-5,9H,2-3,6-8,20H2,1H3,(H,21,23). The summed E-state index contributed by atoms with van der Waals surface area (Å²) in [6.45, 7) is 0.0493. The number of carbonyl (C=O) groups excluding carboxylic acids is 1. The minimum Gasteiger partial charge on any atom is -0.496 e. The molecule has 5 nitrogen and oxygen atoms in total. The molecule has 2 rings (SSSR count). The lowest BCUT2D eigenvalue weighted by Gasteiger charge is -2.18. The van der Waals surface area contributed by atoms with Crippen LogP contribution in [0.5, 0.6) is 5.75 Å². The second kappa shape index (κ2) is 7.48. The third-order valence-electron chi connectivity index (χ3n) is 3.89. The minimum absolute atomic E-state index is 0.0217. The highest BCUT2D eigenvalue weighted by atomic mass is 35.5. The summed E-state index contributed by atoms with van der Waals surface area (Å²) in [4.78, 5) is 13.6. The number of nitrogens with zero attached hydrogens (tertiary/aromatic N) is 1. The van der Waals surface area contributed by atoms with Crippen LogP contribution in [0.1, 0.15) is 16.8 Å². The maximum Gasteiger partial charge on any atom is 0.401 e. The van der Waals surface area contributed by atoms with Crippen molar-refractivity contribution >= 4 is 23.2 Å². The zero-order valence-corrected chi connectivity index (χ0v) is 13.9. The Bertz CT molecular complexity index is 610. The van der Waals surface area contributed by atoms with Crippen LogP contribution in [0.4, 0.5) is 18.9 Å². The van der Waals surface area contributed by atoms with E-state index in [1.165, 1.54) is 24.1 Å². The third-order valence-corrected chi connectivity index (χ3v) is 4.21. The molecule has 1 fully saturated rings. The molecule has 0 radical (unpaired) electrons. The molecular formula is C15H19ClF3N3O2. The number of nitrogens with one attached hydrogen (secondary N) is 1. The first-order chi connectivity index (χ1) is 11.2. The number of nitrogens with two attached hydrogens (primary N) is 1. The molecule has 1 amide bonds. The van der Waals surface area contributed by atoms with Gasteiger partial charge in [-0.05, 0) is 24.9 Å². The zero-order valence-electron chi connectivity index (χ0n) is 13.1. The van der Waals surface area contributed by atoms with E-state index in [4.69, 9.17) is 22.1 Å². The summed E-state index contributed by atoms with van der Waals surface area (Å²) in [6.07, 6.45) is -3.60. The lowest BCUT2D eigenvalue weighted by molar-refractivity contribution is -0.143. The van der Waals surface area contributed by atoms with Gasteiger partial charge in [-0.1, -0.05) is 11.6 Å². The number of amides is 1. The largest absolute Gasteiger partial charge is 0.496 e. The van der Waals surface area contributed by atoms with Gasteiger partial charge in [0.05, 0.1) is 29.9 Å². The number of halogens is 4. The van der Waals surface area contributed by atoms with Crippen molar-refractivity contribution in [2.45, 2.75) is 12.6 Å². The maximum atomic E-state index is 12.4. The summed E-state index contributed by atoms with van der Waals surface area (Å²) < 4.78 is 42.2. The van der Waals surface area contributed by atoms with Gasteiger partial charge in [-0.3, -0.25) is 9.69 Å². The number of nitrogen functional groups attached to an aromatic ring is 1. The quantitative estimate of drug-likeness (QED) is 0.787. The Morgan fingerprint density at radius 3 is 2.83 bits per heavy atom. The van der Waals surface area contributed by atoms with Gasteiger partial charge < -0.3 is 15.8 Å². The molecule has 0 aliphatic carbocycles. The summed E-state index contributed by atoms with van der Waals surface area (Å²) in [6, 6.07) is 2.87. The molecule has 1 aromatic rings. The highest BCUT2D eigenvalue weighted by molar-refractivity contribution is 6.33. The third kappa shape index (κ3) is 4.91. The second-order valence-electron chi connectivity index (χ2n) is 5.79. The molecule has 0 bridgehead atoms. The van der Waals surface area contributed by atoms with E-state index in [2.05, 4.69) is 5.32 Å². The molecule has 1 atom stereocenters. The molecular weight excluding hydrogens is 347 g/mol. The first-order valence-electron chi connectivity index (χ1n) is 7.40. The Hall–Kier alpha value is -1.67. The molecule has 24 heavy (non-hydrogen) atoms. The van der Waals surface area contributed by atoms with Crippen LogP contribution < -0.4 is 15.8 Å². The summed E-state index contributed by atoms with van der Waals surface area (Å²) in [5.41, 5.74) is 6.20. The van der Waals surface area contributed by atoms with E-state index in [9.17, 15) is 18.0 Å². The van der Waals surface area contributed by atoms with Gasteiger partial charge in [-0.2, -0.15) is 13.2 Å². The number of hydrogen-bond donors (Lipinski definition) is 2. The lowest BCUT2D eigenvalue weighted by Crippen LogP contribution is -2.34. The fourth-order valence-corrected chi connectivity index (χ4v) is 2.89. The molecule has 1 unspecified atom stereocenters. The number of methoxy groups -OCH3 is 1. The van der Waals surface area contributed by atoms with Crippen molar-refractivity contribution in [3.63, 3.8) is 0 Å². The predicted molar refractivity (Wildman–Crippen MR) is 85.4 cm³/mol. The van der Waals surface area contributed by atoms with Crippen LogP contribution >= 0.6 is 11.6 Å². The Morgan fingerprint density at radius 2 is 2.21 bits per heavy atom. The summed E-state index contributed by atoms with van der Waals surface area (Å²) in [5, 5.41) is 2.95. The SMILES string of the molecule is COc1cc(N)c(Cl)cc1C(=O)NCC1CCN(CC(F)(F)F)C1. The molecule has 1 aromatic carbocycles. The monoisotopic (exact) mass is 365 g/mol. The highest BCUT2D eigenvalue weighted by Gasteiger charge is 2.34. The van der Waals surface area contributed by atoms with Gasteiger partial charge in [0.1, 0.15) is 5.75 Å². The van der Waals surface area contributed by atoms with Crippen LogP contribution in [0.15, 0.2) is 12.1 Å². The number of ether oxygens (including phenoxy) is 1. The van der Waals surface area contributed by atoms with E-state index < -0.39 is 18.6 Å². The topological polar surface area (TPSA) is 67.6 Å². The Kier molecular flexibility index (Phi) is 5.82. The molecule has 9 heteroatoms. The molecule has 1 saturated heterocycles. The van der Waals surface area contributed by atoms with Crippen molar-refractivity contribution in [2.24, 2.45) is 5.92 Å². The van der Waals surface area contributed by atoms with Gasteiger partial charge in [0.2, 0.25) is 0 Å². The molecule has 3 N–H and O–H groups in total. The zero-order chi connectivity index (χ0) is 17.9. The van der Waals surface area contributed by atoms with Crippen LogP contribution in [0.25, 0.3) is 0 Å². The van der Waals surface area contributed by atoms with E-state index in [0.717, 1.165) is 0 Å². The molecule has 1 aliphatic rings. The van der Waals surface area contributed by atoms with Crippen molar-refractivity contribution in [2.75, 3.05) is 39.0 Å². The minimum atomic E-state index is -4.20. The fourth-order valence-electron chi connectivity index (χ4n) is 2.72. The van der Waals surface area contributed by atoms with Crippen LogP contribution in [0.2, 0.25) is 5.02 Å². The van der Waals surface area contributed by atoms with Gasteiger partial charge in [-0.15, -0.1) is 0 Å². The Morgan fingerprint density at radius 1 is 1.50 bits per heavy atom. The molecule has 1 aliphatic heterocycles. The van der Waals surface area contributed by atoms with Crippen molar-refractivity contribution in [3.05, 3.63) is 22.7 Å². The van der Waals surface area contributed by atoms with Crippen LogP contribution in [0.3, 0.4) is 0 Å². The molecule has 0 spiro atoms. The number of likely N-dealkylation sites (tertiary alicyclic amines) is 1. The molecule has 0 saturated carbocycles. The number of alkyl halides is 3. The average molecular weight is 366 g/mol.